The Morgan fingerprint density at radius 2 is 1.15 bits per heavy atom. The van der Waals surface area contributed by atoms with Crippen LogP contribution in [0.3, 0.4) is 0 Å². The molecule has 0 aromatic heterocycles. The van der Waals surface area contributed by atoms with E-state index in [1.807, 2.05) is 21.1 Å². The molecule has 0 rings (SSSR count). The second-order valence-electron chi connectivity index (χ2n) is 11.5. The van der Waals surface area contributed by atoms with Crippen molar-refractivity contribution in [2.45, 2.75) is 129 Å². The van der Waals surface area contributed by atoms with Crippen LogP contribution in [0.25, 0.3) is 0 Å². The molecule has 1 unspecified atom stereocenters. The Balaban J connectivity index is 4.55. The van der Waals surface area contributed by atoms with Crippen LogP contribution in [0.4, 0.5) is 0 Å². The maximum atomic E-state index is 12.4. The molecule has 0 aromatic rings. The van der Waals surface area contributed by atoms with Gasteiger partial charge < -0.3 is 18.9 Å². The van der Waals surface area contributed by atoms with Crippen molar-refractivity contribution in [2.24, 2.45) is 0 Å². The Kier molecular flexibility index (Phi) is 23.1. The number of hydrogen-bond donors (Lipinski definition) is 1. The molecular formula is C29H59NO8P+. The van der Waals surface area contributed by atoms with E-state index in [0.29, 0.717) is 23.9 Å². The summed E-state index contributed by atoms with van der Waals surface area (Å²) in [6.07, 6.45) is 16.1. The van der Waals surface area contributed by atoms with Crippen LogP contribution in [-0.2, 0) is 32.7 Å². The van der Waals surface area contributed by atoms with Gasteiger partial charge in [0.1, 0.15) is 19.8 Å². The molecule has 0 aromatic carbocycles. The Morgan fingerprint density at radius 3 is 1.64 bits per heavy atom. The van der Waals surface area contributed by atoms with Crippen LogP contribution in [-0.4, -0.2) is 74.9 Å². The van der Waals surface area contributed by atoms with Gasteiger partial charge in [0.05, 0.1) is 27.7 Å². The Bertz CT molecular complexity index is 668. The highest BCUT2D eigenvalue weighted by Gasteiger charge is 2.27. The summed E-state index contributed by atoms with van der Waals surface area (Å²) in [5.74, 6) is -0.811. The number of carbonyl (C=O) groups excluding carboxylic acids is 2. The highest BCUT2D eigenvalue weighted by molar-refractivity contribution is 7.47. The summed E-state index contributed by atoms with van der Waals surface area (Å²) in [5.41, 5.74) is 0. The molecule has 1 N–H and O–H groups in total. The molecule has 0 amide bonds. The van der Waals surface area contributed by atoms with Crippen molar-refractivity contribution in [1.29, 1.82) is 0 Å². The van der Waals surface area contributed by atoms with Gasteiger partial charge in [0.2, 0.25) is 0 Å². The summed E-state index contributed by atoms with van der Waals surface area (Å²) < 4.78 is 33.8. The van der Waals surface area contributed by atoms with Crippen molar-refractivity contribution in [3.8, 4) is 0 Å². The molecule has 39 heavy (non-hydrogen) atoms. The highest BCUT2D eigenvalue weighted by Crippen LogP contribution is 2.43. The van der Waals surface area contributed by atoms with E-state index in [0.717, 1.165) is 38.5 Å². The van der Waals surface area contributed by atoms with Crippen molar-refractivity contribution in [1.82, 2.24) is 0 Å². The van der Waals surface area contributed by atoms with Crippen molar-refractivity contribution in [2.75, 3.05) is 47.5 Å². The SMILES string of the molecule is CCCCCCCCCCCC(=O)O[C@@H](COC(=O)CCCCCCCC)COP(=O)(O)OCC[N+](C)(C)C. The Hall–Kier alpha value is -0.990. The predicted molar refractivity (Wildman–Crippen MR) is 155 cm³/mol. The monoisotopic (exact) mass is 580 g/mol. The van der Waals surface area contributed by atoms with Gasteiger partial charge in [0, 0.05) is 12.8 Å². The van der Waals surface area contributed by atoms with Crippen LogP contribution >= 0.6 is 7.82 Å². The summed E-state index contributed by atoms with van der Waals surface area (Å²) in [5, 5.41) is 0. The Morgan fingerprint density at radius 1 is 0.692 bits per heavy atom. The molecule has 232 valence electrons. The van der Waals surface area contributed by atoms with Crippen molar-refractivity contribution in [3.63, 3.8) is 0 Å². The van der Waals surface area contributed by atoms with E-state index in [1.165, 1.54) is 51.4 Å². The van der Waals surface area contributed by atoms with Gasteiger partial charge in [-0.1, -0.05) is 97.3 Å². The smallest absolute Gasteiger partial charge is 0.462 e. The van der Waals surface area contributed by atoms with E-state index in [4.69, 9.17) is 18.5 Å². The fourth-order valence-electron chi connectivity index (χ4n) is 3.89. The molecule has 0 aliphatic carbocycles. The minimum atomic E-state index is -4.34. The summed E-state index contributed by atoms with van der Waals surface area (Å²) in [7, 11) is 1.48. The molecule has 0 saturated carbocycles. The largest absolute Gasteiger partial charge is 0.472 e. The van der Waals surface area contributed by atoms with E-state index in [-0.39, 0.29) is 25.6 Å². The molecule has 0 fully saturated rings. The molecule has 10 heteroatoms. The fourth-order valence-corrected chi connectivity index (χ4v) is 4.63. The number of phosphoric ester groups is 1. The predicted octanol–water partition coefficient (Wildman–Crippen LogP) is 6.95. The topological polar surface area (TPSA) is 108 Å². The van der Waals surface area contributed by atoms with Crippen LogP contribution in [0, 0.1) is 0 Å². The number of esters is 2. The first-order valence-corrected chi connectivity index (χ1v) is 16.8. The van der Waals surface area contributed by atoms with Gasteiger partial charge in [-0.15, -0.1) is 0 Å². The number of nitrogens with zero attached hydrogens (tertiary/aromatic N) is 1. The van der Waals surface area contributed by atoms with Crippen LogP contribution < -0.4 is 0 Å². The van der Waals surface area contributed by atoms with E-state index in [9.17, 15) is 19.0 Å². The average Bonchev–Trinajstić information content (AvgIpc) is 2.85. The van der Waals surface area contributed by atoms with Crippen LogP contribution in [0.15, 0.2) is 0 Å². The zero-order valence-electron chi connectivity index (χ0n) is 25.6. The van der Waals surface area contributed by atoms with Gasteiger partial charge in [0.25, 0.3) is 0 Å². The highest BCUT2D eigenvalue weighted by atomic mass is 31.2. The third kappa shape index (κ3) is 27.0. The quantitative estimate of drug-likeness (QED) is 0.0481. The maximum absolute atomic E-state index is 12.4. The molecule has 0 aliphatic rings. The van der Waals surface area contributed by atoms with Crippen molar-refractivity contribution < 1.29 is 42.1 Å². The summed E-state index contributed by atoms with van der Waals surface area (Å²) >= 11 is 0. The van der Waals surface area contributed by atoms with E-state index in [2.05, 4.69) is 13.8 Å². The second-order valence-corrected chi connectivity index (χ2v) is 13.0. The number of carbonyl (C=O) groups is 2. The minimum absolute atomic E-state index is 0.0353. The van der Waals surface area contributed by atoms with E-state index >= 15 is 0 Å². The minimum Gasteiger partial charge on any atom is -0.462 e. The number of rotatable bonds is 27. The van der Waals surface area contributed by atoms with Crippen LogP contribution in [0.2, 0.25) is 0 Å². The molecule has 0 spiro atoms. The van der Waals surface area contributed by atoms with Crippen molar-refractivity contribution in [3.05, 3.63) is 0 Å². The molecule has 0 heterocycles. The lowest BCUT2D eigenvalue weighted by molar-refractivity contribution is -0.870. The van der Waals surface area contributed by atoms with E-state index < -0.39 is 26.5 Å². The molecule has 9 nitrogen and oxygen atoms in total. The number of quaternary nitrogens is 1. The van der Waals surface area contributed by atoms with Gasteiger partial charge in [-0.25, -0.2) is 4.57 Å². The van der Waals surface area contributed by atoms with Crippen LogP contribution in [0.5, 0.6) is 0 Å². The molecule has 2 atom stereocenters. The number of phosphoric acid groups is 1. The standard InChI is InChI=1S/C29H58NO8P/c1-6-8-10-12-14-15-16-18-20-22-29(32)38-27(25-35-28(31)21-19-17-13-11-9-7-2)26-37-39(33,34)36-24-23-30(3,4)5/h27H,6-26H2,1-5H3/p+1/t27-/m0/s1. The third-order valence-corrected chi connectivity index (χ3v) is 7.37. The number of likely N-dealkylation sites (N-methyl/N-ethyl adjacent to an activating group) is 1. The third-order valence-electron chi connectivity index (χ3n) is 6.39. The average molecular weight is 581 g/mol. The first-order valence-electron chi connectivity index (χ1n) is 15.3. The fraction of sp³-hybridized carbons (Fsp3) is 0.931. The van der Waals surface area contributed by atoms with Crippen LogP contribution in [0.1, 0.15) is 123 Å². The lowest BCUT2D eigenvalue weighted by atomic mass is 10.1. The first kappa shape index (κ1) is 38.0. The lowest BCUT2D eigenvalue weighted by Gasteiger charge is -2.24. The van der Waals surface area contributed by atoms with E-state index in [1.54, 1.807) is 0 Å². The first-order chi connectivity index (χ1) is 18.5. The molecule has 0 saturated heterocycles. The van der Waals surface area contributed by atoms with Gasteiger partial charge in [0.15, 0.2) is 6.10 Å². The summed E-state index contributed by atoms with van der Waals surface area (Å²) in [6.45, 7) is 4.30. The normalized spacial score (nSPS) is 14.1. The lowest BCUT2D eigenvalue weighted by Crippen LogP contribution is -2.37. The molecule has 0 aliphatic heterocycles. The van der Waals surface area contributed by atoms with Gasteiger partial charge in [-0.05, 0) is 12.8 Å². The van der Waals surface area contributed by atoms with Crippen molar-refractivity contribution >= 4 is 19.8 Å². The Labute approximate surface area is 238 Å². The number of ether oxygens (including phenoxy) is 2. The molecular weight excluding hydrogens is 521 g/mol. The second kappa shape index (κ2) is 23.7. The van der Waals surface area contributed by atoms with Gasteiger partial charge in [-0.3, -0.25) is 18.6 Å². The molecule has 0 radical (unpaired) electrons. The maximum Gasteiger partial charge on any atom is 0.472 e. The summed E-state index contributed by atoms with van der Waals surface area (Å²) in [4.78, 5) is 34.6. The summed E-state index contributed by atoms with van der Waals surface area (Å²) in [6, 6.07) is 0. The zero-order valence-corrected chi connectivity index (χ0v) is 26.5. The van der Waals surface area contributed by atoms with Gasteiger partial charge >= 0.3 is 19.8 Å². The van der Waals surface area contributed by atoms with Gasteiger partial charge in [-0.2, -0.15) is 0 Å². The number of hydrogen-bond acceptors (Lipinski definition) is 7. The zero-order chi connectivity index (χ0) is 29.4. The number of unbranched alkanes of at least 4 members (excludes halogenated alkanes) is 13. The molecule has 0 bridgehead atoms.